The Morgan fingerprint density at radius 1 is 1.16 bits per heavy atom. The van der Waals surface area contributed by atoms with Crippen LogP contribution in [0, 0.1) is 29.9 Å². The van der Waals surface area contributed by atoms with Crippen LogP contribution in [0.2, 0.25) is 5.02 Å². The van der Waals surface area contributed by atoms with E-state index in [1.165, 1.54) is 13.2 Å². The van der Waals surface area contributed by atoms with Crippen LogP contribution in [0.15, 0.2) is 66.9 Å². The van der Waals surface area contributed by atoms with Gasteiger partial charge in [-0.3, -0.25) is 19.9 Å². The fourth-order valence-electron chi connectivity index (χ4n) is 5.40. The second kappa shape index (κ2) is 12.0. The molecule has 10 nitrogen and oxygen atoms in total. The number of thiocarbonyl (C=S) groups is 1. The number of hydrogen-bond donors (Lipinski definition) is 2. The highest BCUT2D eigenvalue weighted by atomic mass is 35.5. The SMILES string of the molecule is COc1ccc(-n2c(C)cc([C@H]3[C@H](c4ccccn4)NC(=S)N3c3ccc(NC(=O)C(C)C)c(Cl)c3)c2C)c([N+](=O)[O-])c1. The minimum absolute atomic E-state index is 0.0725. The number of rotatable bonds is 8. The van der Waals surface area contributed by atoms with Crippen LogP contribution < -0.4 is 20.3 Å². The number of nitro groups is 1. The fourth-order valence-corrected chi connectivity index (χ4v) is 5.97. The number of halogens is 1. The molecule has 0 radical (unpaired) electrons. The van der Waals surface area contributed by atoms with Gasteiger partial charge in [-0.05, 0) is 80.2 Å². The summed E-state index contributed by atoms with van der Waals surface area (Å²) in [7, 11) is 1.47. The van der Waals surface area contributed by atoms with Gasteiger partial charge >= 0.3 is 0 Å². The average molecular weight is 619 g/mol. The summed E-state index contributed by atoms with van der Waals surface area (Å²) in [6, 6.07) is 17.2. The summed E-state index contributed by atoms with van der Waals surface area (Å²) < 4.78 is 7.12. The van der Waals surface area contributed by atoms with E-state index >= 15 is 0 Å². The van der Waals surface area contributed by atoms with Crippen LogP contribution in [0.4, 0.5) is 17.1 Å². The Morgan fingerprint density at radius 2 is 1.93 bits per heavy atom. The van der Waals surface area contributed by atoms with Crippen molar-refractivity contribution in [2.45, 2.75) is 39.8 Å². The Balaban J connectivity index is 1.65. The number of anilines is 2. The standard InChI is InChI=1S/C31H31ClN6O4S/c1-17(2)30(39)34-24-11-9-20(15-23(24)32)37-29(28(35-31(37)43)25-8-6-7-13-33-25)22-14-18(3)36(19(22)4)26-12-10-21(42-5)16-27(26)38(40)41/h6-17,28-29H,1-5H3,(H,34,39)(H,35,43)/t28-,29-/m0/s1. The first kappa shape index (κ1) is 30.0. The van der Waals surface area contributed by atoms with Gasteiger partial charge in [0, 0.05) is 29.2 Å². The lowest BCUT2D eigenvalue weighted by Crippen LogP contribution is -2.29. The van der Waals surface area contributed by atoms with Crippen LogP contribution in [0.3, 0.4) is 0 Å². The van der Waals surface area contributed by atoms with Gasteiger partial charge in [0.05, 0.1) is 46.6 Å². The topological polar surface area (TPSA) is 115 Å². The molecule has 12 heteroatoms. The first-order valence-electron chi connectivity index (χ1n) is 13.6. The number of nitrogens with one attached hydrogen (secondary N) is 2. The van der Waals surface area contributed by atoms with Gasteiger partial charge in [-0.1, -0.05) is 31.5 Å². The lowest BCUT2D eigenvalue weighted by atomic mass is 9.96. The molecule has 0 unspecified atom stereocenters. The Labute approximate surface area is 259 Å². The second-order valence-electron chi connectivity index (χ2n) is 10.6. The Hall–Kier alpha value is -4.48. The van der Waals surface area contributed by atoms with Crippen molar-refractivity contribution >= 4 is 51.9 Å². The zero-order valence-corrected chi connectivity index (χ0v) is 25.9. The molecule has 2 atom stereocenters. The number of ether oxygens (including phenoxy) is 1. The predicted molar refractivity (Wildman–Crippen MR) is 171 cm³/mol. The molecule has 1 amide bonds. The number of pyridine rings is 1. The van der Waals surface area contributed by atoms with Crippen LogP contribution in [0.25, 0.3) is 5.69 Å². The predicted octanol–water partition coefficient (Wildman–Crippen LogP) is 6.83. The third-order valence-corrected chi connectivity index (χ3v) is 8.15. The van der Waals surface area contributed by atoms with Crippen LogP contribution >= 0.6 is 23.8 Å². The number of amides is 1. The van der Waals surface area contributed by atoms with Crippen LogP contribution in [-0.4, -0.2) is 32.6 Å². The number of carbonyl (C=O) groups is 1. The van der Waals surface area contributed by atoms with E-state index in [-0.39, 0.29) is 29.6 Å². The summed E-state index contributed by atoms with van der Waals surface area (Å²) in [5, 5.41) is 19.2. The number of aryl methyl sites for hydroxylation is 1. The van der Waals surface area contributed by atoms with Crippen molar-refractivity contribution < 1.29 is 14.5 Å². The molecule has 2 N–H and O–H groups in total. The number of carbonyl (C=O) groups excluding carboxylic acids is 1. The molecule has 2 aromatic heterocycles. The number of hydrogen-bond acceptors (Lipinski definition) is 6. The molecule has 0 saturated carbocycles. The molecular formula is C31H31ClN6O4S. The summed E-state index contributed by atoms with van der Waals surface area (Å²) in [4.78, 5) is 30.6. The fraction of sp³-hybridized carbons (Fsp3) is 0.258. The number of nitro benzene ring substituents is 1. The van der Waals surface area contributed by atoms with Gasteiger partial charge in [0.25, 0.3) is 5.69 Å². The van der Waals surface area contributed by atoms with Crippen molar-refractivity contribution in [2.75, 3.05) is 17.3 Å². The minimum atomic E-state index is -0.409. The molecule has 1 saturated heterocycles. The summed E-state index contributed by atoms with van der Waals surface area (Å²) >= 11 is 12.5. The highest BCUT2D eigenvalue weighted by Gasteiger charge is 2.42. The van der Waals surface area contributed by atoms with Crippen LogP contribution in [0.1, 0.15) is 48.6 Å². The molecule has 1 aliphatic rings. The summed E-state index contributed by atoms with van der Waals surface area (Å²) in [6.07, 6.45) is 1.73. The normalized spacial score (nSPS) is 16.3. The smallest absolute Gasteiger partial charge is 0.296 e. The molecule has 3 heterocycles. The van der Waals surface area contributed by atoms with Gasteiger partial charge in [0.15, 0.2) is 5.11 Å². The van der Waals surface area contributed by atoms with Crippen molar-refractivity contribution in [2.24, 2.45) is 5.92 Å². The molecule has 0 aliphatic carbocycles. The van der Waals surface area contributed by atoms with Crippen molar-refractivity contribution in [3.05, 3.63) is 105 Å². The van der Waals surface area contributed by atoms with Crippen molar-refractivity contribution in [1.82, 2.24) is 14.9 Å². The summed E-state index contributed by atoms with van der Waals surface area (Å²) in [6.45, 7) is 7.47. The first-order valence-corrected chi connectivity index (χ1v) is 14.4. The molecule has 0 bridgehead atoms. The largest absolute Gasteiger partial charge is 0.496 e. The van der Waals surface area contributed by atoms with Crippen molar-refractivity contribution in [1.29, 1.82) is 0 Å². The van der Waals surface area contributed by atoms with Gasteiger partial charge in [-0.2, -0.15) is 0 Å². The van der Waals surface area contributed by atoms with E-state index < -0.39 is 4.92 Å². The zero-order chi connectivity index (χ0) is 31.0. The first-order chi connectivity index (χ1) is 20.5. The zero-order valence-electron chi connectivity index (χ0n) is 24.3. The van der Waals surface area contributed by atoms with E-state index in [4.69, 9.17) is 28.6 Å². The summed E-state index contributed by atoms with van der Waals surface area (Å²) in [5.41, 5.74) is 4.87. The van der Waals surface area contributed by atoms with Gasteiger partial charge in [0.2, 0.25) is 5.91 Å². The van der Waals surface area contributed by atoms with E-state index in [1.54, 1.807) is 30.5 Å². The van der Waals surface area contributed by atoms with E-state index in [9.17, 15) is 14.9 Å². The number of aromatic nitrogens is 2. The van der Waals surface area contributed by atoms with E-state index in [2.05, 4.69) is 15.6 Å². The lowest BCUT2D eigenvalue weighted by Gasteiger charge is -2.28. The quantitative estimate of drug-likeness (QED) is 0.125. The van der Waals surface area contributed by atoms with Gasteiger partial charge < -0.3 is 24.8 Å². The van der Waals surface area contributed by atoms with Crippen molar-refractivity contribution in [3.8, 4) is 11.4 Å². The van der Waals surface area contributed by atoms with E-state index in [0.717, 1.165) is 22.6 Å². The molecule has 5 rings (SSSR count). The number of methoxy groups -OCH3 is 1. The lowest BCUT2D eigenvalue weighted by molar-refractivity contribution is -0.384. The van der Waals surface area contributed by atoms with Crippen LogP contribution in [0.5, 0.6) is 5.75 Å². The Morgan fingerprint density at radius 3 is 2.56 bits per heavy atom. The van der Waals surface area contributed by atoms with Gasteiger partial charge in [-0.15, -0.1) is 0 Å². The molecule has 0 spiro atoms. The number of nitrogens with zero attached hydrogens (tertiary/aromatic N) is 4. The maximum Gasteiger partial charge on any atom is 0.296 e. The van der Waals surface area contributed by atoms with E-state index in [0.29, 0.717) is 32.9 Å². The molecule has 1 aliphatic heterocycles. The van der Waals surface area contributed by atoms with Crippen molar-refractivity contribution in [3.63, 3.8) is 0 Å². The third-order valence-electron chi connectivity index (χ3n) is 7.52. The highest BCUT2D eigenvalue weighted by Crippen LogP contribution is 2.45. The Bertz CT molecular complexity index is 1720. The van der Waals surface area contributed by atoms with Crippen LogP contribution in [-0.2, 0) is 4.79 Å². The monoisotopic (exact) mass is 618 g/mol. The maximum atomic E-state index is 12.3. The molecule has 43 heavy (non-hydrogen) atoms. The molecule has 4 aromatic rings. The molecule has 2 aromatic carbocycles. The summed E-state index contributed by atoms with van der Waals surface area (Å²) in [5.74, 6) is 0.0577. The second-order valence-corrected chi connectivity index (χ2v) is 11.4. The third kappa shape index (κ3) is 5.65. The average Bonchev–Trinajstić information content (AvgIpc) is 3.48. The number of benzene rings is 2. The maximum absolute atomic E-state index is 12.3. The van der Waals surface area contributed by atoms with Gasteiger partial charge in [0.1, 0.15) is 11.4 Å². The highest BCUT2D eigenvalue weighted by molar-refractivity contribution is 7.80. The minimum Gasteiger partial charge on any atom is -0.496 e. The Kier molecular flexibility index (Phi) is 8.38. The molecule has 1 fully saturated rings. The van der Waals surface area contributed by atoms with Gasteiger partial charge in [-0.25, -0.2) is 0 Å². The molecule has 222 valence electrons. The molecular weight excluding hydrogens is 588 g/mol. The van der Waals surface area contributed by atoms with E-state index in [1.807, 2.05) is 67.5 Å².